The third-order valence-corrected chi connectivity index (χ3v) is 2.17. The third kappa shape index (κ3) is 2.47. The summed E-state index contributed by atoms with van der Waals surface area (Å²) in [5.41, 5.74) is 0. The summed E-state index contributed by atoms with van der Waals surface area (Å²) in [6.45, 7) is 7.17. The molecule has 16 heavy (non-hydrogen) atoms. The van der Waals surface area contributed by atoms with Crippen LogP contribution in [0.2, 0.25) is 0 Å². The molecule has 1 rings (SSSR count). The Morgan fingerprint density at radius 1 is 0.938 bits per heavy atom. The molecule has 0 radical (unpaired) electrons. The second-order valence-corrected chi connectivity index (χ2v) is 3.28. The molecule has 3 amide bonds. The van der Waals surface area contributed by atoms with Gasteiger partial charge in [-0.2, -0.15) is 0 Å². The third-order valence-electron chi connectivity index (χ3n) is 2.17. The zero-order valence-electron chi connectivity index (χ0n) is 8.83. The standard InChI is InChI=1S/C10H13N3O3/c1-3-9(15)12-5-11(8-14)6-13(7-12)10(16)4-2/h3-4,8H,1-2,5-7H2. The quantitative estimate of drug-likeness (QED) is 0.472. The minimum atomic E-state index is -0.326. The number of carbonyl (C=O) groups excluding carboxylic acids is 3. The maximum Gasteiger partial charge on any atom is 0.248 e. The highest BCUT2D eigenvalue weighted by Crippen LogP contribution is 2.07. The molecule has 0 unspecified atom stereocenters. The van der Waals surface area contributed by atoms with Crippen LogP contribution in [0.5, 0.6) is 0 Å². The van der Waals surface area contributed by atoms with Crippen LogP contribution < -0.4 is 0 Å². The Balaban J connectivity index is 2.79. The fourth-order valence-electron chi connectivity index (χ4n) is 1.38. The second-order valence-electron chi connectivity index (χ2n) is 3.28. The number of nitrogens with zero attached hydrogens (tertiary/aromatic N) is 3. The van der Waals surface area contributed by atoms with E-state index in [1.54, 1.807) is 0 Å². The highest BCUT2D eigenvalue weighted by Gasteiger charge is 2.26. The Labute approximate surface area is 93.4 Å². The Hall–Kier alpha value is -2.11. The highest BCUT2D eigenvalue weighted by atomic mass is 16.2. The summed E-state index contributed by atoms with van der Waals surface area (Å²) in [6.07, 6.45) is 2.88. The molecule has 0 aromatic heterocycles. The van der Waals surface area contributed by atoms with Gasteiger partial charge in [0, 0.05) is 0 Å². The van der Waals surface area contributed by atoms with E-state index in [-0.39, 0.29) is 31.8 Å². The number of hydrogen-bond donors (Lipinski definition) is 0. The lowest BCUT2D eigenvalue weighted by atomic mass is 10.4. The van der Waals surface area contributed by atoms with E-state index in [0.29, 0.717) is 6.41 Å². The van der Waals surface area contributed by atoms with Gasteiger partial charge in [-0.1, -0.05) is 13.2 Å². The molecular weight excluding hydrogens is 210 g/mol. The first kappa shape index (κ1) is 12.0. The molecule has 0 saturated carbocycles. The number of hydrogen-bond acceptors (Lipinski definition) is 3. The van der Waals surface area contributed by atoms with Crippen LogP contribution in [0.15, 0.2) is 25.3 Å². The summed E-state index contributed by atoms with van der Waals surface area (Å²) in [5.74, 6) is -0.651. The summed E-state index contributed by atoms with van der Waals surface area (Å²) >= 11 is 0. The molecule has 86 valence electrons. The zero-order chi connectivity index (χ0) is 12.1. The first-order chi connectivity index (χ1) is 7.62. The van der Waals surface area contributed by atoms with Crippen LogP contribution in [0.4, 0.5) is 0 Å². The van der Waals surface area contributed by atoms with Crippen LogP contribution >= 0.6 is 0 Å². The normalized spacial score (nSPS) is 15.6. The van der Waals surface area contributed by atoms with Crippen molar-refractivity contribution in [2.75, 3.05) is 20.0 Å². The van der Waals surface area contributed by atoms with E-state index in [1.807, 2.05) is 0 Å². The predicted octanol–water partition coefficient (Wildman–Crippen LogP) is -0.640. The van der Waals surface area contributed by atoms with Gasteiger partial charge in [0.1, 0.15) is 0 Å². The lowest BCUT2D eigenvalue weighted by molar-refractivity contribution is -0.149. The first-order valence-corrected chi connectivity index (χ1v) is 4.64. The Bertz CT molecular complexity index is 312. The lowest BCUT2D eigenvalue weighted by Gasteiger charge is -2.39. The molecule has 1 fully saturated rings. The Kier molecular flexibility index (Phi) is 3.82. The van der Waals surface area contributed by atoms with E-state index < -0.39 is 0 Å². The monoisotopic (exact) mass is 223 g/mol. The molecule has 1 aliphatic rings. The van der Waals surface area contributed by atoms with Gasteiger partial charge in [0.25, 0.3) is 0 Å². The van der Waals surface area contributed by atoms with Crippen molar-refractivity contribution in [2.24, 2.45) is 0 Å². The number of carbonyl (C=O) groups is 3. The van der Waals surface area contributed by atoms with Gasteiger partial charge in [0.15, 0.2) is 0 Å². The van der Waals surface area contributed by atoms with Crippen molar-refractivity contribution in [1.29, 1.82) is 0 Å². The lowest BCUT2D eigenvalue weighted by Crippen LogP contribution is -2.57. The Morgan fingerprint density at radius 3 is 1.69 bits per heavy atom. The van der Waals surface area contributed by atoms with Gasteiger partial charge in [0.05, 0.1) is 20.0 Å². The molecule has 0 bridgehead atoms. The van der Waals surface area contributed by atoms with Gasteiger partial charge in [-0.25, -0.2) is 0 Å². The van der Waals surface area contributed by atoms with E-state index in [2.05, 4.69) is 13.2 Å². The summed E-state index contributed by atoms with van der Waals surface area (Å²) in [7, 11) is 0. The van der Waals surface area contributed by atoms with Gasteiger partial charge in [-0.05, 0) is 12.2 Å². The molecule has 6 nitrogen and oxygen atoms in total. The molecule has 0 spiro atoms. The maximum atomic E-state index is 11.4. The van der Waals surface area contributed by atoms with E-state index in [1.165, 1.54) is 14.7 Å². The number of amides is 3. The van der Waals surface area contributed by atoms with E-state index in [9.17, 15) is 14.4 Å². The summed E-state index contributed by atoms with van der Waals surface area (Å²) < 4.78 is 0. The molecule has 0 aliphatic carbocycles. The summed E-state index contributed by atoms with van der Waals surface area (Å²) in [4.78, 5) is 37.4. The van der Waals surface area contributed by atoms with E-state index in [0.717, 1.165) is 12.2 Å². The van der Waals surface area contributed by atoms with Crippen LogP contribution in [0.1, 0.15) is 0 Å². The van der Waals surface area contributed by atoms with Gasteiger partial charge in [-0.3, -0.25) is 14.4 Å². The van der Waals surface area contributed by atoms with E-state index in [4.69, 9.17) is 0 Å². The largest absolute Gasteiger partial charge is 0.309 e. The topological polar surface area (TPSA) is 60.9 Å². The van der Waals surface area contributed by atoms with Crippen LogP contribution in [0.3, 0.4) is 0 Å². The predicted molar refractivity (Wildman–Crippen MR) is 56.6 cm³/mol. The fraction of sp³-hybridized carbons (Fsp3) is 0.300. The van der Waals surface area contributed by atoms with Crippen molar-refractivity contribution in [2.45, 2.75) is 0 Å². The molecule has 0 atom stereocenters. The van der Waals surface area contributed by atoms with Crippen molar-refractivity contribution in [1.82, 2.24) is 14.7 Å². The minimum absolute atomic E-state index is 0.139. The smallest absolute Gasteiger partial charge is 0.248 e. The highest BCUT2D eigenvalue weighted by molar-refractivity contribution is 5.89. The van der Waals surface area contributed by atoms with Crippen LogP contribution in [-0.4, -0.2) is 52.9 Å². The molecule has 0 aromatic carbocycles. The van der Waals surface area contributed by atoms with Gasteiger partial charge in [-0.15, -0.1) is 0 Å². The van der Waals surface area contributed by atoms with Crippen molar-refractivity contribution in [3.63, 3.8) is 0 Å². The van der Waals surface area contributed by atoms with Gasteiger partial charge < -0.3 is 14.7 Å². The van der Waals surface area contributed by atoms with Gasteiger partial charge in [0.2, 0.25) is 18.2 Å². The summed E-state index contributed by atoms with van der Waals surface area (Å²) in [5, 5.41) is 0. The molecule has 0 aromatic rings. The van der Waals surface area contributed by atoms with Crippen LogP contribution in [-0.2, 0) is 14.4 Å². The Morgan fingerprint density at radius 2 is 1.38 bits per heavy atom. The van der Waals surface area contributed by atoms with Crippen molar-refractivity contribution < 1.29 is 14.4 Å². The van der Waals surface area contributed by atoms with Crippen LogP contribution in [0.25, 0.3) is 0 Å². The van der Waals surface area contributed by atoms with Crippen molar-refractivity contribution >= 4 is 18.2 Å². The van der Waals surface area contributed by atoms with E-state index >= 15 is 0 Å². The maximum absolute atomic E-state index is 11.4. The van der Waals surface area contributed by atoms with Crippen molar-refractivity contribution in [3.8, 4) is 0 Å². The molecular formula is C10H13N3O3. The molecule has 1 aliphatic heterocycles. The average molecular weight is 223 g/mol. The average Bonchev–Trinajstić information content (AvgIpc) is 2.35. The second kappa shape index (κ2) is 5.11. The zero-order valence-corrected chi connectivity index (χ0v) is 8.83. The number of rotatable bonds is 3. The molecule has 1 saturated heterocycles. The molecule has 1 heterocycles. The van der Waals surface area contributed by atoms with Crippen molar-refractivity contribution in [3.05, 3.63) is 25.3 Å². The molecule has 0 N–H and O–H groups in total. The fourth-order valence-corrected chi connectivity index (χ4v) is 1.38. The van der Waals surface area contributed by atoms with Crippen LogP contribution in [0, 0.1) is 0 Å². The molecule has 6 heteroatoms. The summed E-state index contributed by atoms with van der Waals surface area (Å²) in [6, 6.07) is 0. The first-order valence-electron chi connectivity index (χ1n) is 4.64. The SMILES string of the molecule is C=CC(=O)N1CN(C=O)CN(C(=O)C=C)C1. The minimum Gasteiger partial charge on any atom is -0.309 e. The van der Waals surface area contributed by atoms with Gasteiger partial charge >= 0.3 is 0 Å².